The summed E-state index contributed by atoms with van der Waals surface area (Å²) in [6.45, 7) is 2.60. The van der Waals surface area contributed by atoms with E-state index in [1.807, 2.05) is 6.07 Å². The Morgan fingerprint density at radius 3 is 2.32 bits per heavy atom. The van der Waals surface area contributed by atoms with Crippen molar-refractivity contribution in [1.29, 1.82) is 0 Å². The summed E-state index contributed by atoms with van der Waals surface area (Å²) in [5, 5.41) is 3.16. The van der Waals surface area contributed by atoms with Crippen molar-refractivity contribution in [3.05, 3.63) is 42.1 Å². The topological polar surface area (TPSA) is 41.1 Å². The number of anilines is 1. The molecule has 2 heterocycles. The van der Waals surface area contributed by atoms with Gasteiger partial charge in [0.25, 0.3) is 0 Å². The molecule has 1 N–H and O–H groups in total. The number of halogens is 3. The van der Waals surface area contributed by atoms with Crippen LogP contribution >= 0.6 is 0 Å². The lowest BCUT2D eigenvalue weighted by Crippen LogP contribution is -2.44. The van der Waals surface area contributed by atoms with Gasteiger partial charge in [-0.15, -0.1) is 0 Å². The van der Waals surface area contributed by atoms with Crippen molar-refractivity contribution in [3.8, 4) is 11.3 Å². The van der Waals surface area contributed by atoms with Crippen LogP contribution in [0.4, 0.5) is 19.1 Å². The molecule has 0 amide bonds. The van der Waals surface area contributed by atoms with E-state index in [0.29, 0.717) is 31.7 Å². The van der Waals surface area contributed by atoms with Crippen molar-refractivity contribution in [2.75, 3.05) is 31.1 Å². The van der Waals surface area contributed by atoms with E-state index >= 15 is 0 Å². The van der Waals surface area contributed by atoms with Crippen LogP contribution in [0, 0.1) is 0 Å². The molecule has 1 aliphatic rings. The van der Waals surface area contributed by atoms with Gasteiger partial charge in [-0.25, -0.2) is 9.97 Å². The van der Waals surface area contributed by atoms with Crippen LogP contribution in [0.15, 0.2) is 36.4 Å². The van der Waals surface area contributed by atoms with Crippen LogP contribution in [0.3, 0.4) is 0 Å². The second-order valence-corrected chi connectivity index (χ2v) is 5.04. The molecule has 1 saturated heterocycles. The largest absolute Gasteiger partial charge is 0.433 e. The Morgan fingerprint density at radius 1 is 1.00 bits per heavy atom. The van der Waals surface area contributed by atoms with Gasteiger partial charge in [0.15, 0.2) is 5.69 Å². The Balaban J connectivity index is 2.06. The molecule has 1 aromatic heterocycles. The number of rotatable bonds is 2. The van der Waals surface area contributed by atoms with Gasteiger partial charge in [-0.2, -0.15) is 13.2 Å². The lowest BCUT2D eigenvalue weighted by Gasteiger charge is -2.28. The first-order valence-corrected chi connectivity index (χ1v) is 7.01. The highest BCUT2D eigenvalue weighted by atomic mass is 19.4. The molecule has 1 aromatic carbocycles. The summed E-state index contributed by atoms with van der Waals surface area (Å²) in [6.07, 6.45) is -4.49. The van der Waals surface area contributed by atoms with Crippen molar-refractivity contribution < 1.29 is 13.2 Å². The monoisotopic (exact) mass is 308 g/mol. The molecule has 0 bridgehead atoms. The van der Waals surface area contributed by atoms with Crippen LogP contribution < -0.4 is 10.2 Å². The van der Waals surface area contributed by atoms with Gasteiger partial charge >= 0.3 is 6.18 Å². The molecule has 0 atom stereocenters. The average molecular weight is 308 g/mol. The minimum atomic E-state index is -4.49. The quantitative estimate of drug-likeness (QED) is 0.926. The maximum Gasteiger partial charge on any atom is 0.433 e. The van der Waals surface area contributed by atoms with Gasteiger partial charge in [0.2, 0.25) is 5.95 Å². The fourth-order valence-corrected chi connectivity index (χ4v) is 2.34. The molecule has 2 aromatic rings. The number of piperazine rings is 1. The van der Waals surface area contributed by atoms with Crippen LogP contribution in [0.25, 0.3) is 11.3 Å². The van der Waals surface area contributed by atoms with Crippen LogP contribution in [0.1, 0.15) is 5.69 Å². The molecule has 4 nitrogen and oxygen atoms in total. The average Bonchev–Trinajstić information content (AvgIpc) is 2.55. The van der Waals surface area contributed by atoms with Crippen LogP contribution in [-0.2, 0) is 6.18 Å². The van der Waals surface area contributed by atoms with Gasteiger partial charge in [-0.1, -0.05) is 30.3 Å². The first-order valence-electron chi connectivity index (χ1n) is 7.01. The van der Waals surface area contributed by atoms with Gasteiger partial charge in [0, 0.05) is 31.7 Å². The molecular weight excluding hydrogens is 293 g/mol. The lowest BCUT2D eigenvalue weighted by molar-refractivity contribution is -0.141. The normalized spacial score (nSPS) is 15.9. The van der Waals surface area contributed by atoms with Gasteiger partial charge < -0.3 is 10.2 Å². The van der Waals surface area contributed by atoms with E-state index in [2.05, 4.69) is 15.3 Å². The third-order valence-electron chi connectivity index (χ3n) is 3.47. The van der Waals surface area contributed by atoms with E-state index in [-0.39, 0.29) is 11.6 Å². The van der Waals surface area contributed by atoms with Crippen molar-refractivity contribution >= 4 is 5.95 Å². The van der Waals surface area contributed by atoms with Crippen LogP contribution in [0.2, 0.25) is 0 Å². The minimum absolute atomic E-state index is 0.134. The summed E-state index contributed by atoms with van der Waals surface area (Å²) in [4.78, 5) is 9.82. The number of nitrogens with zero attached hydrogens (tertiary/aromatic N) is 3. The summed E-state index contributed by atoms with van der Waals surface area (Å²) in [7, 11) is 0. The summed E-state index contributed by atoms with van der Waals surface area (Å²) >= 11 is 0. The first-order chi connectivity index (χ1) is 10.5. The number of aromatic nitrogens is 2. The highest BCUT2D eigenvalue weighted by molar-refractivity contribution is 5.61. The number of nitrogens with one attached hydrogen (secondary N) is 1. The highest BCUT2D eigenvalue weighted by Crippen LogP contribution is 2.31. The number of hydrogen-bond donors (Lipinski definition) is 1. The molecule has 3 rings (SSSR count). The zero-order chi connectivity index (χ0) is 15.6. The zero-order valence-electron chi connectivity index (χ0n) is 11.8. The Morgan fingerprint density at radius 2 is 1.68 bits per heavy atom. The van der Waals surface area contributed by atoms with Crippen molar-refractivity contribution in [2.45, 2.75) is 6.18 Å². The SMILES string of the molecule is FC(F)(F)c1cc(-c2ccccc2)nc(N2CCNCC2)n1. The Kier molecular flexibility index (Phi) is 3.98. The van der Waals surface area contributed by atoms with E-state index in [1.54, 1.807) is 29.2 Å². The van der Waals surface area contributed by atoms with E-state index < -0.39 is 11.9 Å². The molecule has 0 radical (unpaired) electrons. The second-order valence-electron chi connectivity index (χ2n) is 5.04. The molecule has 0 spiro atoms. The number of benzene rings is 1. The molecule has 1 fully saturated rings. The summed E-state index contributed by atoms with van der Waals surface area (Å²) in [5.74, 6) is 0.134. The number of alkyl halides is 3. The Labute approximate surface area is 126 Å². The predicted molar refractivity (Wildman–Crippen MR) is 77.6 cm³/mol. The van der Waals surface area contributed by atoms with Gasteiger partial charge in [0.1, 0.15) is 0 Å². The lowest BCUT2D eigenvalue weighted by atomic mass is 10.1. The predicted octanol–water partition coefficient (Wildman–Crippen LogP) is 2.57. The molecule has 0 unspecified atom stereocenters. The zero-order valence-corrected chi connectivity index (χ0v) is 11.8. The van der Waals surface area contributed by atoms with E-state index in [0.717, 1.165) is 6.07 Å². The summed E-state index contributed by atoms with van der Waals surface area (Å²) in [5.41, 5.74) is 0.0260. The van der Waals surface area contributed by atoms with E-state index in [4.69, 9.17) is 0 Å². The molecular formula is C15H15F3N4. The molecule has 0 aliphatic carbocycles. The van der Waals surface area contributed by atoms with E-state index in [9.17, 15) is 13.2 Å². The molecule has 1 aliphatic heterocycles. The third kappa shape index (κ3) is 3.19. The summed E-state index contributed by atoms with van der Waals surface area (Å²) in [6, 6.07) is 9.84. The van der Waals surface area contributed by atoms with Crippen molar-refractivity contribution in [2.24, 2.45) is 0 Å². The fourth-order valence-electron chi connectivity index (χ4n) is 2.34. The minimum Gasteiger partial charge on any atom is -0.338 e. The van der Waals surface area contributed by atoms with Gasteiger partial charge in [0.05, 0.1) is 5.69 Å². The second kappa shape index (κ2) is 5.92. The molecule has 7 heteroatoms. The summed E-state index contributed by atoms with van der Waals surface area (Å²) < 4.78 is 39.3. The van der Waals surface area contributed by atoms with Crippen LogP contribution in [0.5, 0.6) is 0 Å². The molecule has 116 valence electrons. The molecule has 22 heavy (non-hydrogen) atoms. The standard InChI is InChI=1S/C15H15F3N4/c16-15(17,18)13-10-12(11-4-2-1-3-5-11)20-14(21-13)22-8-6-19-7-9-22/h1-5,10,19H,6-9H2. The maximum absolute atomic E-state index is 13.1. The number of hydrogen-bond acceptors (Lipinski definition) is 4. The van der Waals surface area contributed by atoms with Gasteiger partial charge in [-0.3, -0.25) is 0 Å². The van der Waals surface area contributed by atoms with Gasteiger partial charge in [-0.05, 0) is 6.07 Å². The van der Waals surface area contributed by atoms with Crippen molar-refractivity contribution in [1.82, 2.24) is 15.3 Å². The van der Waals surface area contributed by atoms with Crippen molar-refractivity contribution in [3.63, 3.8) is 0 Å². The Bertz CT molecular complexity index is 637. The first kappa shape index (κ1) is 14.8. The van der Waals surface area contributed by atoms with Crippen LogP contribution in [-0.4, -0.2) is 36.1 Å². The maximum atomic E-state index is 13.1. The Hall–Kier alpha value is -2.15. The molecule has 0 saturated carbocycles. The smallest absolute Gasteiger partial charge is 0.338 e. The van der Waals surface area contributed by atoms with E-state index in [1.165, 1.54) is 0 Å². The third-order valence-corrected chi connectivity index (χ3v) is 3.47. The fraction of sp³-hybridized carbons (Fsp3) is 0.333. The highest BCUT2D eigenvalue weighted by Gasteiger charge is 2.34.